The standard InChI is InChI=1S/C18H21N3O2.H2/c1-14-2-6-16(7-3-14)20-10-12-21(13-11-20)18(23)19-15-4-8-17(22)9-5-15;/h2-9,22H,10-13H2,1H3,(H,19,23);1H. The van der Waals surface area contributed by atoms with E-state index in [9.17, 15) is 9.90 Å². The minimum Gasteiger partial charge on any atom is -0.508 e. The summed E-state index contributed by atoms with van der Waals surface area (Å²) in [6.45, 7) is 5.11. The second-order valence-electron chi connectivity index (χ2n) is 5.79. The number of hydrogen-bond acceptors (Lipinski definition) is 3. The number of urea groups is 1. The number of aromatic hydroxyl groups is 1. The first kappa shape index (κ1) is 15.2. The topological polar surface area (TPSA) is 55.8 Å². The van der Waals surface area contributed by atoms with Crippen LogP contribution in [0.5, 0.6) is 5.75 Å². The summed E-state index contributed by atoms with van der Waals surface area (Å²) in [5.74, 6) is 0.190. The number of hydrogen-bond donors (Lipinski definition) is 2. The first-order valence-corrected chi connectivity index (χ1v) is 7.78. The summed E-state index contributed by atoms with van der Waals surface area (Å²) in [4.78, 5) is 16.4. The first-order valence-electron chi connectivity index (χ1n) is 7.78. The average molecular weight is 313 g/mol. The van der Waals surface area contributed by atoms with E-state index in [2.05, 4.69) is 41.4 Å². The zero-order valence-corrected chi connectivity index (χ0v) is 13.2. The van der Waals surface area contributed by atoms with Crippen LogP contribution in [0.2, 0.25) is 0 Å². The minimum absolute atomic E-state index is 0. The highest BCUT2D eigenvalue weighted by atomic mass is 16.3. The molecule has 5 nitrogen and oxygen atoms in total. The number of aryl methyl sites for hydroxylation is 1. The lowest BCUT2D eigenvalue weighted by Crippen LogP contribution is -2.50. The van der Waals surface area contributed by atoms with Crippen LogP contribution in [0.15, 0.2) is 48.5 Å². The highest BCUT2D eigenvalue weighted by Gasteiger charge is 2.21. The minimum atomic E-state index is -0.0979. The van der Waals surface area contributed by atoms with Gasteiger partial charge in [-0.3, -0.25) is 0 Å². The summed E-state index contributed by atoms with van der Waals surface area (Å²) in [6.07, 6.45) is 0. The van der Waals surface area contributed by atoms with Crippen LogP contribution >= 0.6 is 0 Å². The van der Waals surface area contributed by atoms with Gasteiger partial charge in [0.05, 0.1) is 0 Å². The fourth-order valence-electron chi connectivity index (χ4n) is 2.67. The van der Waals surface area contributed by atoms with Gasteiger partial charge in [-0.25, -0.2) is 4.79 Å². The Hall–Kier alpha value is -2.69. The van der Waals surface area contributed by atoms with Crippen LogP contribution in [0, 0.1) is 6.92 Å². The molecule has 0 aliphatic carbocycles. The van der Waals surface area contributed by atoms with Gasteiger partial charge in [-0.1, -0.05) is 17.7 Å². The van der Waals surface area contributed by atoms with Crippen molar-refractivity contribution in [2.75, 3.05) is 36.4 Å². The maximum absolute atomic E-state index is 12.3. The predicted molar refractivity (Wildman–Crippen MR) is 94.2 cm³/mol. The van der Waals surface area contributed by atoms with E-state index < -0.39 is 0 Å². The largest absolute Gasteiger partial charge is 0.508 e. The molecule has 1 aliphatic heterocycles. The number of rotatable bonds is 2. The SMILES string of the molecule is Cc1ccc(N2CCN(C(=O)Nc3ccc(O)cc3)CC2)cc1.[HH]. The number of phenolic OH excluding ortho intramolecular Hbond substituents is 1. The normalized spacial score (nSPS) is 14.7. The van der Waals surface area contributed by atoms with Crippen molar-refractivity contribution in [2.24, 2.45) is 0 Å². The molecule has 0 unspecified atom stereocenters. The highest BCUT2D eigenvalue weighted by Crippen LogP contribution is 2.18. The van der Waals surface area contributed by atoms with Crippen LogP contribution in [-0.2, 0) is 0 Å². The predicted octanol–water partition coefficient (Wildman–Crippen LogP) is 3.30. The summed E-state index contributed by atoms with van der Waals surface area (Å²) in [7, 11) is 0. The molecule has 2 amide bonds. The lowest BCUT2D eigenvalue weighted by atomic mass is 10.2. The van der Waals surface area contributed by atoms with E-state index in [0.29, 0.717) is 18.8 Å². The van der Waals surface area contributed by atoms with Crippen molar-refractivity contribution in [2.45, 2.75) is 6.92 Å². The molecule has 2 aromatic carbocycles. The Morgan fingerprint density at radius 3 is 2.22 bits per heavy atom. The Morgan fingerprint density at radius 2 is 1.61 bits per heavy atom. The molecule has 1 saturated heterocycles. The molecule has 0 radical (unpaired) electrons. The Kier molecular flexibility index (Phi) is 4.37. The molecule has 1 heterocycles. The monoisotopic (exact) mass is 313 g/mol. The molecule has 0 bridgehead atoms. The summed E-state index contributed by atoms with van der Waals surface area (Å²) < 4.78 is 0. The van der Waals surface area contributed by atoms with Crippen LogP contribution in [0.1, 0.15) is 6.99 Å². The molecule has 0 saturated carbocycles. The summed E-state index contributed by atoms with van der Waals surface area (Å²) in [5.41, 5.74) is 3.14. The number of benzene rings is 2. The van der Waals surface area contributed by atoms with Crippen molar-refractivity contribution in [3.63, 3.8) is 0 Å². The van der Waals surface area contributed by atoms with Crippen LogP contribution < -0.4 is 10.2 Å². The molecule has 0 atom stereocenters. The van der Waals surface area contributed by atoms with Gasteiger partial charge in [0.15, 0.2) is 0 Å². The molecular weight excluding hydrogens is 290 g/mol. The van der Waals surface area contributed by atoms with Gasteiger partial charge >= 0.3 is 6.03 Å². The molecule has 122 valence electrons. The number of carbonyl (C=O) groups excluding carboxylic acids is 1. The van der Waals surface area contributed by atoms with E-state index in [4.69, 9.17) is 0 Å². The number of piperazine rings is 1. The molecule has 0 aromatic heterocycles. The van der Waals surface area contributed by atoms with Crippen molar-refractivity contribution in [1.29, 1.82) is 0 Å². The van der Waals surface area contributed by atoms with E-state index in [0.717, 1.165) is 13.1 Å². The molecule has 3 rings (SSSR count). The van der Waals surface area contributed by atoms with E-state index >= 15 is 0 Å². The van der Waals surface area contributed by atoms with Gasteiger partial charge in [-0.15, -0.1) is 0 Å². The third kappa shape index (κ3) is 3.74. The number of carbonyl (C=O) groups is 1. The van der Waals surface area contributed by atoms with E-state index in [1.54, 1.807) is 24.3 Å². The molecule has 5 heteroatoms. The van der Waals surface area contributed by atoms with Crippen molar-refractivity contribution >= 4 is 17.4 Å². The number of amides is 2. The lowest BCUT2D eigenvalue weighted by molar-refractivity contribution is 0.208. The third-order valence-corrected chi connectivity index (χ3v) is 4.08. The maximum Gasteiger partial charge on any atom is 0.321 e. The second-order valence-corrected chi connectivity index (χ2v) is 5.79. The van der Waals surface area contributed by atoms with Gasteiger partial charge in [0.2, 0.25) is 0 Å². The van der Waals surface area contributed by atoms with Crippen LogP contribution in [-0.4, -0.2) is 42.2 Å². The zero-order valence-electron chi connectivity index (χ0n) is 13.2. The molecule has 2 N–H and O–H groups in total. The molecular formula is C18H23N3O2. The molecule has 1 fully saturated rings. The van der Waals surface area contributed by atoms with Crippen molar-refractivity contribution in [3.8, 4) is 5.75 Å². The number of nitrogens with zero attached hydrogens (tertiary/aromatic N) is 2. The van der Waals surface area contributed by atoms with Gasteiger partial charge in [-0.2, -0.15) is 0 Å². The summed E-state index contributed by atoms with van der Waals surface area (Å²) in [5, 5.41) is 12.1. The molecule has 0 spiro atoms. The zero-order chi connectivity index (χ0) is 16.2. The van der Waals surface area contributed by atoms with Crippen LogP contribution in [0.4, 0.5) is 16.2 Å². The van der Waals surface area contributed by atoms with Gasteiger partial charge < -0.3 is 20.2 Å². The Morgan fingerprint density at radius 1 is 1.00 bits per heavy atom. The van der Waals surface area contributed by atoms with E-state index in [1.165, 1.54) is 11.3 Å². The van der Waals surface area contributed by atoms with Gasteiger partial charge in [0.1, 0.15) is 5.75 Å². The van der Waals surface area contributed by atoms with Crippen LogP contribution in [0.3, 0.4) is 0 Å². The Bertz CT molecular complexity index is 666. The van der Waals surface area contributed by atoms with Crippen molar-refractivity contribution < 1.29 is 11.3 Å². The fourth-order valence-corrected chi connectivity index (χ4v) is 2.67. The summed E-state index contributed by atoms with van der Waals surface area (Å²) >= 11 is 0. The number of phenols is 1. The van der Waals surface area contributed by atoms with Crippen molar-refractivity contribution in [3.05, 3.63) is 54.1 Å². The van der Waals surface area contributed by atoms with E-state index in [1.807, 2.05) is 4.90 Å². The lowest BCUT2D eigenvalue weighted by Gasteiger charge is -2.36. The summed E-state index contributed by atoms with van der Waals surface area (Å²) in [6, 6.07) is 14.9. The second kappa shape index (κ2) is 6.60. The average Bonchev–Trinajstić information content (AvgIpc) is 2.58. The van der Waals surface area contributed by atoms with Gasteiger partial charge in [0, 0.05) is 39.0 Å². The number of nitrogens with one attached hydrogen (secondary N) is 1. The maximum atomic E-state index is 12.3. The van der Waals surface area contributed by atoms with Gasteiger partial charge in [0.25, 0.3) is 0 Å². The van der Waals surface area contributed by atoms with E-state index in [-0.39, 0.29) is 13.2 Å². The molecule has 1 aliphatic rings. The smallest absolute Gasteiger partial charge is 0.321 e. The number of anilines is 2. The third-order valence-electron chi connectivity index (χ3n) is 4.08. The van der Waals surface area contributed by atoms with Crippen molar-refractivity contribution in [1.82, 2.24) is 4.90 Å². The quantitative estimate of drug-likeness (QED) is 0.836. The fraction of sp³-hybridized carbons (Fsp3) is 0.278. The molecule has 2 aromatic rings. The van der Waals surface area contributed by atoms with Gasteiger partial charge in [-0.05, 0) is 43.3 Å². The Labute approximate surface area is 137 Å². The van der Waals surface area contributed by atoms with Crippen LogP contribution in [0.25, 0.3) is 0 Å². The Balaban J connectivity index is 0.00000208. The highest BCUT2D eigenvalue weighted by molar-refractivity contribution is 5.89. The molecule has 23 heavy (non-hydrogen) atoms. The first-order chi connectivity index (χ1) is 11.1.